The molecule has 0 saturated heterocycles. The highest BCUT2D eigenvalue weighted by atomic mass is 35.5. The van der Waals surface area contributed by atoms with Gasteiger partial charge >= 0.3 is 0 Å². The van der Waals surface area contributed by atoms with Gasteiger partial charge in [0.25, 0.3) is 0 Å². The molecular weight excluding hydrogens is 234 g/mol. The Morgan fingerprint density at radius 2 is 1.82 bits per heavy atom. The smallest absolute Gasteiger partial charge is 0.195 e. The molecule has 0 unspecified atom stereocenters. The molecule has 0 aliphatic carbocycles. The number of fused-ring (bicyclic) bond motifs is 2. The molecule has 0 amide bonds. The summed E-state index contributed by atoms with van der Waals surface area (Å²) in [6.07, 6.45) is 1.68. The van der Waals surface area contributed by atoms with E-state index in [1.807, 2.05) is 18.2 Å². The molecule has 0 saturated carbocycles. The molecule has 0 atom stereocenters. The van der Waals surface area contributed by atoms with Gasteiger partial charge in [0.05, 0.1) is 5.52 Å². The average Bonchev–Trinajstić information content (AvgIpc) is 2.49. The lowest BCUT2D eigenvalue weighted by molar-refractivity contribution is 1.42. The SMILES string of the molecule is O=c1c2cc(Cl)ccc2ccc2ncccc12. The van der Waals surface area contributed by atoms with Crippen molar-refractivity contribution >= 4 is 33.3 Å². The molecule has 3 heteroatoms. The van der Waals surface area contributed by atoms with E-state index in [-0.39, 0.29) is 5.43 Å². The number of halogens is 1. The van der Waals surface area contributed by atoms with Crippen molar-refractivity contribution in [2.75, 3.05) is 0 Å². The third-order valence-electron chi connectivity index (χ3n) is 2.76. The number of pyridine rings is 1. The largest absolute Gasteiger partial charge is 0.289 e. The lowest BCUT2D eigenvalue weighted by atomic mass is 10.1. The highest BCUT2D eigenvalue weighted by Crippen LogP contribution is 2.17. The number of hydrogen-bond donors (Lipinski definition) is 0. The molecule has 2 nitrogen and oxygen atoms in total. The molecule has 3 rings (SSSR count). The van der Waals surface area contributed by atoms with Crippen LogP contribution in [0.2, 0.25) is 5.02 Å². The first-order valence-electron chi connectivity index (χ1n) is 5.23. The molecule has 0 aliphatic heterocycles. The fraction of sp³-hybridized carbons (Fsp3) is 0. The molecule has 17 heavy (non-hydrogen) atoms. The Hall–Kier alpha value is -1.93. The van der Waals surface area contributed by atoms with E-state index in [1.165, 1.54) is 0 Å². The second-order valence-corrected chi connectivity index (χ2v) is 4.27. The third-order valence-corrected chi connectivity index (χ3v) is 3.00. The zero-order chi connectivity index (χ0) is 11.8. The second kappa shape index (κ2) is 3.82. The van der Waals surface area contributed by atoms with Gasteiger partial charge in [-0.05, 0) is 35.7 Å². The highest BCUT2D eigenvalue weighted by Gasteiger charge is 2.02. The topological polar surface area (TPSA) is 30.0 Å². The van der Waals surface area contributed by atoms with Crippen molar-refractivity contribution in [1.82, 2.24) is 4.98 Å². The van der Waals surface area contributed by atoms with Crippen molar-refractivity contribution < 1.29 is 0 Å². The van der Waals surface area contributed by atoms with Gasteiger partial charge in [0, 0.05) is 22.0 Å². The maximum absolute atomic E-state index is 12.3. The maximum atomic E-state index is 12.3. The van der Waals surface area contributed by atoms with Crippen LogP contribution < -0.4 is 5.43 Å². The Kier molecular flexibility index (Phi) is 2.30. The minimum atomic E-state index is -0.0319. The van der Waals surface area contributed by atoms with Crippen molar-refractivity contribution in [3.8, 4) is 0 Å². The molecule has 0 N–H and O–H groups in total. The molecule has 0 fully saturated rings. The quantitative estimate of drug-likeness (QED) is 0.604. The Bertz CT molecular complexity index is 783. The predicted molar refractivity (Wildman–Crippen MR) is 70.5 cm³/mol. The van der Waals surface area contributed by atoms with E-state index in [2.05, 4.69) is 4.98 Å². The van der Waals surface area contributed by atoms with Gasteiger partial charge < -0.3 is 0 Å². The van der Waals surface area contributed by atoms with Crippen LogP contribution in [-0.4, -0.2) is 4.98 Å². The first-order chi connectivity index (χ1) is 8.25. The van der Waals surface area contributed by atoms with Gasteiger partial charge in [-0.3, -0.25) is 9.78 Å². The summed E-state index contributed by atoms with van der Waals surface area (Å²) in [5.74, 6) is 0. The lowest BCUT2D eigenvalue weighted by Crippen LogP contribution is -1.98. The lowest BCUT2D eigenvalue weighted by Gasteiger charge is -1.92. The number of benzene rings is 1. The number of aromatic nitrogens is 1. The molecular formula is C14H8ClNO. The van der Waals surface area contributed by atoms with E-state index in [0.717, 1.165) is 5.39 Å². The summed E-state index contributed by atoms with van der Waals surface area (Å²) in [4.78, 5) is 16.5. The minimum absolute atomic E-state index is 0.0319. The van der Waals surface area contributed by atoms with Crippen LogP contribution >= 0.6 is 11.6 Å². The summed E-state index contributed by atoms with van der Waals surface area (Å²) in [5.41, 5.74) is 0.667. The van der Waals surface area contributed by atoms with Crippen LogP contribution in [0.1, 0.15) is 0 Å². The van der Waals surface area contributed by atoms with Crippen molar-refractivity contribution in [1.29, 1.82) is 0 Å². The highest BCUT2D eigenvalue weighted by molar-refractivity contribution is 6.31. The number of rotatable bonds is 0. The minimum Gasteiger partial charge on any atom is -0.289 e. The molecule has 0 radical (unpaired) electrons. The van der Waals surface area contributed by atoms with E-state index in [4.69, 9.17) is 11.6 Å². The van der Waals surface area contributed by atoms with Crippen molar-refractivity contribution in [3.63, 3.8) is 0 Å². The van der Waals surface area contributed by atoms with Crippen molar-refractivity contribution in [3.05, 3.63) is 63.9 Å². The molecule has 1 aromatic heterocycles. The summed E-state index contributed by atoms with van der Waals surface area (Å²) < 4.78 is 0. The fourth-order valence-electron chi connectivity index (χ4n) is 1.93. The average molecular weight is 242 g/mol. The molecule has 1 heterocycles. The fourth-order valence-corrected chi connectivity index (χ4v) is 2.10. The molecule has 0 bridgehead atoms. The van der Waals surface area contributed by atoms with Gasteiger partial charge in [0.15, 0.2) is 5.43 Å². The molecule has 0 aliphatic rings. The van der Waals surface area contributed by atoms with E-state index < -0.39 is 0 Å². The van der Waals surface area contributed by atoms with Gasteiger partial charge in [-0.25, -0.2) is 0 Å². The molecule has 2 aromatic carbocycles. The Labute approximate surface area is 102 Å². The van der Waals surface area contributed by atoms with Crippen molar-refractivity contribution in [2.24, 2.45) is 0 Å². The van der Waals surface area contributed by atoms with Gasteiger partial charge in [-0.15, -0.1) is 0 Å². The van der Waals surface area contributed by atoms with E-state index in [0.29, 0.717) is 21.3 Å². The van der Waals surface area contributed by atoms with Crippen LogP contribution in [0.3, 0.4) is 0 Å². The Balaban J connectivity index is 2.65. The first kappa shape index (κ1) is 10.2. The van der Waals surface area contributed by atoms with Crippen LogP contribution in [0.5, 0.6) is 0 Å². The van der Waals surface area contributed by atoms with E-state index in [9.17, 15) is 4.79 Å². The molecule has 82 valence electrons. The normalized spacial score (nSPS) is 10.9. The van der Waals surface area contributed by atoms with E-state index in [1.54, 1.807) is 30.5 Å². The summed E-state index contributed by atoms with van der Waals surface area (Å²) in [7, 11) is 0. The summed E-state index contributed by atoms with van der Waals surface area (Å²) in [6.45, 7) is 0. The number of hydrogen-bond acceptors (Lipinski definition) is 2. The summed E-state index contributed by atoms with van der Waals surface area (Å²) in [6, 6.07) is 12.6. The van der Waals surface area contributed by atoms with E-state index >= 15 is 0 Å². The first-order valence-corrected chi connectivity index (χ1v) is 5.61. The number of nitrogens with zero attached hydrogens (tertiary/aromatic N) is 1. The molecule has 3 aromatic rings. The zero-order valence-corrected chi connectivity index (χ0v) is 9.61. The molecule has 0 spiro atoms. The zero-order valence-electron chi connectivity index (χ0n) is 8.85. The van der Waals surface area contributed by atoms with Gasteiger partial charge in [-0.1, -0.05) is 23.7 Å². The van der Waals surface area contributed by atoms with Gasteiger partial charge in [0.1, 0.15) is 0 Å². The van der Waals surface area contributed by atoms with Crippen LogP contribution in [-0.2, 0) is 0 Å². The Morgan fingerprint density at radius 3 is 2.71 bits per heavy atom. The van der Waals surface area contributed by atoms with Crippen molar-refractivity contribution in [2.45, 2.75) is 0 Å². The van der Waals surface area contributed by atoms with Crippen LogP contribution in [0.25, 0.3) is 21.7 Å². The van der Waals surface area contributed by atoms with Gasteiger partial charge in [-0.2, -0.15) is 0 Å². The van der Waals surface area contributed by atoms with Crippen LogP contribution in [0.4, 0.5) is 0 Å². The third kappa shape index (κ3) is 1.67. The maximum Gasteiger partial charge on any atom is 0.195 e. The standard InChI is InChI=1S/C14H8ClNO/c15-10-5-3-9-4-6-13-11(2-1-7-16-13)14(17)12(9)8-10/h1-8H. The summed E-state index contributed by atoms with van der Waals surface area (Å²) in [5, 5.41) is 2.68. The Morgan fingerprint density at radius 1 is 1.00 bits per heavy atom. The predicted octanol–water partition coefficient (Wildman–Crippen LogP) is 3.40. The second-order valence-electron chi connectivity index (χ2n) is 3.83. The monoisotopic (exact) mass is 241 g/mol. The van der Waals surface area contributed by atoms with Gasteiger partial charge in [0.2, 0.25) is 0 Å². The van der Waals surface area contributed by atoms with Crippen LogP contribution in [0, 0.1) is 0 Å². The summed E-state index contributed by atoms with van der Waals surface area (Å²) >= 11 is 5.93. The van der Waals surface area contributed by atoms with Crippen LogP contribution in [0.15, 0.2) is 53.5 Å².